The maximum absolute atomic E-state index is 15.8. The first-order valence-electron chi connectivity index (χ1n) is 14.5. The average Bonchev–Trinajstić information content (AvgIpc) is 3.77. The Balaban J connectivity index is 2.54. The summed E-state index contributed by atoms with van der Waals surface area (Å²) < 4.78 is 289. The van der Waals surface area contributed by atoms with E-state index >= 15 is 13.2 Å². The van der Waals surface area contributed by atoms with Gasteiger partial charge in [-0.1, -0.05) is 0 Å². The molecule has 0 N–H and O–H groups in total. The van der Waals surface area contributed by atoms with Gasteiger partial charge in [-0.2, -0.15) is 68.5 Å². The van der Waals surface area contributed by atoms with Crippen molar-refractivity contribution in [3.05, 3.63) is 119 Å². The van der Waals surface area contributed by atoms with E-state index in [9.17, 15) is 90.4 Å². The fraction of sp³-hybridized carbons (Fsp3) is 0.206. The minimum Gasteiger partial charge on any atom is -0.206 e. The fourth-order valence-electron chi connectivity index (χ4n) is 5.90. The van der Waals surface area contributed by atoms with Gasteiger partial charge in [0.2, 0.25) is 0 Å². The van der Waals surface area contributed by atoms with Gasteiger partial charge in [0.15, 0.2) is 23.3 Å². The predicted octanol–water partition coefficient (Wildman–Crippen LogP) is 12.0. The van der Waals surface area contributed by atoms with E-state index in [1.54, 1.807) is 0 Å². The van der Waals surface area contributed by atoms with Crippen LogP contribution in [-0.2, 0) is 24.7 Å². The molecule has 4 rings (SSSR count). The number of hydrogen-bond donors (Lipinski definition) is 0. The molecule has 0 aromatic heterocycles. The molecule has 23 heteroatoms. The summed E-state index contributed by atoms with van der Waals surface area (Å²) in [7, 11) is 0. The van der Waals surface area contributed by atoms with Crippen LogP contribution in [0.15, 0.2) is 16.7 Å². The van der Waals surface area contributed by atoms with Gasteiger partial charge in [-0.3, -0.25) is 0 Å². The lowest BCUT2D eigenvalue weighted by Gasteiger charge is -2.21. The molecule has 0 amide bonds. The van der Waals surface area contributed by atoms with Gasteiger partial charge in [0.05, 0.1) is 22.3 Å². The maximum Gasteiger partial charge on any atom is 0.422 e. The van der Waals surface area contributed by atoms with E-state index in [2.05, 4.69) is 0 Å². The Labute approximate surface area is 303 Å². The molecular weight excluding hydrogens is 830 g/mol. The van der Waals surface area contributed by atoms with Crippen molar-refractivity contribution >= 4 is 16.7 Å². The molecule has 57 heavy (non-hydrogen) atoms. The van der Waals surface area contributed by atoms with Crippen LogP contribution in [0, 0.1) is 101 Å². The molecule has 0 heterocycles. The highest BCUT2D eigenvalue weighted by Crippen LogP contribution is 2.59. The molecular formula is C34H9F20N3. The van der Waals surface area contributed by atoms with E-state index in [4.69, 9.17) is 0 Å². The Bertz CT molecular complexity index is 2540. The van der Waals surface area contributed by atoms with E-state index < -0.39 is 160 Å². The second kappa shape index (κ2) is 13.9. The van der Waals surface area contributed by atoms with Crippen molar-refractivity contribution in [1.82, 2.24) is 0 Å². The van der Waals surface area contributed by atoms with E-state index in [1.807, 2.05) is 0 Å². The van der Waals surface area contributed by atoms with Crippen LogP contribution >= 0.6 is 0 Å². The SMILES string of the molecule is Cc1c(F)c(F)c(C(F)(F)F)c(C(C#N)=C2C(=C(C#N)c3c(C)c(F)c(F)c(C(F)(F)F)c3F)C2=C(C#N)c2c(F)c(C(F)(F)F)c(F)c(C)c2C(F)(F)F)c1F. The van der Waals surface area contributed by atoms with Crippen molar-refractivity contribution in [3.63, 3.8) is 0 Å². The third-order valence-corrected chi connectivity index (χ3v) is 8.37. The second-order valence-electron chi connectivity index (χ2n) is 11.6. The number of benzene rings is 3. The molecule has 3 aromatic carbocycles. The Kier molecular flexibility index (Phi) is 10.6. The van der Waals surface area contributed by atoms with E-state index in [1.165, 1.54) is 0 Å². The molecule has 1 aliphatic carbocycles. The Hall–Kier alpha value is -6.05. The van der Waals surface area contributed by atoms with Gasteiger partial charge < -0.3 is 0 Å². The standard InChI is InChI=1S/C34H9F20N3/c1-7-13(27(39)22(34(52,53)54)30(42)25(7)37)10(4-55)14-15(16(14)12(6-57)18-20(32(46,47)48)29(41)26(38)9(3)23(18)35)11(5-56)17-19(31(43,44)45)8(2)24(36)21(28(17)40)33(49,50)51/h1-3H3. The summed E-state index contributed by atoms with van der Waals surface area (Å²) >= 11 is 0. The molecule has 0 aliphatic heterocycles. The molecule has 1 saturated carbocycles. The van der Waals surface area contributed by atoms with Gasteiger partial charge in [-0.15, -0.1) is 0 Å². The van der Waals surface area contributed by atoms with Crippen molar-refractivity contribution < 1.29 is 87.8 Å². The van der Waals surface area contributed by atoms with Crippen molar-refractivity contribution in [2.75, 3.05) is 0 Å². The third-order valence-electron chi connectivity index (χ3n) is 8.37. The molecule has 1 fully saturated rings. The molecule has 1 aliphatic rings. The smallest absolute Gasteiger partial charge is 0.206 e. The fourth-order valence-corrected chi connectivity index (χ4v) is 5.90. The van der Waals surface area contributed by atoms with Crippen molar-refractivity contribution in [3.8, 4) is 18.2 Å². The highest BCUT2D eigenvalue weighted by Gasteiger charge is 2.52. The van der Waals surface area contributed by atoms with Crippen molar-refractivity contribution in [2.45, 2.75) is 45.5 Å². The zero-order valence-electron chi connectivity index (χ0n) is 27.4. The summed E-state index contributed by atoms with van der Waals surface area (Å²) in [5.41, 5.74) is -37.0. The monoisotopic (exact) mass is 839 g/mol. The Morgan fingerprint density at radius 3 is 1.00 bits per heavy atom. The van der Waals surface area contributed by atoms with Gasteiger partial charge in [0.1, 0.15) is 58.2 Å². The van der Waals surface area contributed by atoms with Gasteiger partial charge in [0.25, 0.3) is 0 Å². The van der Waals surface area contributed by atoms with Crippen LogP contribution in [-0.4, -0.2) is 0 Å². The zero-order chi connectivity index (χ0) is 44.0. The lowest BCUT2D eigenvalue weighted by molar-refractivity contribution is -0.146. The maximum atomic E-state index is 15.8. The first kappa shape index (κ1) is 43.7. The van der Waals surface area contributed by atoms with E-state index in [0.717, 1.165) is 12.1 Å². The van der Waals surface area contributed by atoms with E-state index in [-0.39, 0.29) is 20.8 Å². The molecule has 0 saturated heterocycles. The number of nitriles is 3. The van der Waals surface area contributed by atoms with Crippen LogP contribution < -0.4 is 0 Å². The van der Waals surface area contributed by atoms with Gasteiger partial charge in [-0.25, -0.2) is 35.1 Å². The third kappa shape index (κ3) is 6.80. The Morgan fingerprint density at radius 2 is 0.632 bits per heavy atom. The molecule has 3 nitrogen and oxygen atoms in total. The molecule has 0 bridgehead atoms. The van der Waals surface area contributed by atoms with E-state index in [0.29, 0.717) is 6.07 Å². The largest absolute Gasteiger partial charge is 0.422 e. The molecule has 0 atom stereocenters. The second-order valence-corrected chi connectivity index (χ2v) is 11.6. The molecule has 300 valence electrons. The van der Waals surface area contributed by atoms with Gasteiger partial charge >= 0.3 is 24.7 Å². The van der Waals surface area contributed by atoms with Crippen LogP contribution in [0.1, 0.15) is 55.6 Å². The zero-order valence-corrected chi connectivity index (χ0v) is 27.4. The van der Waals surface area contributed by atoms with Gasteiger partial charge in [0, 0.05) is 39.0 Å². The van der Waals surface area contributed by atoms with Crippen LogP contribution in [0.5, 0.6) is 0 Å². The first-order chi connectivity index (χ1) is 25.9. The van der Waals surface area contributed by atoms with Gasteiger partial charge in [-0.05, 0) is 31.9 Å². The summed E-state index contributed by atoms with van der Waals surface area (Å²) in [5.74, 6) is -23.0. The quantitative estimate of drug-likeness (QED) is 0.150. The summed E-state index contributed by atoms with van der Waals surface area (Å²) in [6, 6.07) is 2.20. The molecule has 0 unspecified atom stereocenters. The topological polar surface area (TPSA) is 71.4 Å². The predicted molar refractivity (Wildman–Crippen MR) is 151 cm³/mol. The first-order valence-corrected chi connectivity index (χ1v) is 14.5. The van der Waals surface area contributed by atoms with Crippen molar-refractivity contribution in [1.29, 1.82) is 15.8 Å². The minimum atomic E-state index is -6.29. The lowest BCUT2D eigenvalue weighted by atomic mass is 9.90. The van der Waals surface area contributed by atoms with Crippen molar-refractivity contribution in [2.24, 2.45) is 0 Å². The number of alkyl halides is 12. The summed E-state index contributed by atoms with van der Waals surface area (Å²) in [4.78, 5) is 0. The number of hydrogen-bond acceptors (Lipinski definition) is 3. The highest BCUT2D eigenvalue weighted by molar-refractivity contribution is 6.13. The number of halogens is 20. The molecule has 0 spiro atoms. The van der Waals surface area contributed by atoms with Crippen LogP contribution in [0.25, 0.3) is 16.7 Å². The lowest BCUT2D eigenvalue weighted by Crippen LogP contribution is -2.21. The van der Waals surface area contributed by atoms with Crippen LogP contribution in [0.3, 0.4) is 0 Å². The number of allylic oxidation sites excluding steroid dienone is 6. The number of rotatable bonds is 3. The number of nitrogens with zero attached hydrogens (tertiary/aromatic N) is 3. The normalized spacial score (nSPS) is 16.2. The molecule has 3 aromatic rings. The minimum absolute atomic E-state index is 0.0500. The van der Waals surface area contributed by atoms with Crippen LogP contribution in [0.4, 0.5) is 87.8 Å². The summed E-state index contributed by atoms with van der Waals surface area (Å²) in [6.45, 7) is 0.412. The summed E-state index contributed by atoms with van der Waals surface area (Å²) in [6.07, 6.45) is -25.0. The van der Waals surface area contributed by atoms with Crippen LogP contribution in [0.2, 0.25) is 0 Å². The molecule has 0 radical (unpaired) electrons. The Morgan fingerprint density at radius 1 is 0.333 bits per heavy atom. The highest BCUT2D eigenvalue weighted by atomic mass is 19.4. The summed E-state index contributed by atoms with van der Waals surface area (Å²) in [5, 5.41) is 30.0. The average molecular weight is 839 g/mol.